The highest BCUT2D eigenvalue weighted by Crippen LogP contribution is 2.49. The average molecular weight is 369 g/mol. The molecule has 27 heavy (non-hydrogen) atoms. The fourth-order valence-electron chi connectivity index (χ4n) is 4.53. The van der Waals surface area contributed by atoms with E-state index in [0.29, 0.717) is 11.3 Å². The number of hydrogen-bond acceptors (Lipinski definition) is 5. The molecule has 2 fully saturated rings. The Bertz CT molecular complexity index is 861. The summed E-state index contributed by atoms with van der Waals surface area (Å²) in [5.74, 6) is -1.53. The van der Waals surface area contributed by atoms with Crippen molar-refractivity contribution >= 4 is 29.1 Å². The van der Waals surface area contributed by atoms with Crippen LogP contribution in [-0.4, -0.2) is 34.1 Å². The third kappa shape index (κ3) is 2.81. The van der Waals surface area contributed by atoms with Gasteiger partial charge in [-0.1, -0.05) is 12.2 Å². The van der Waals surface area contributed by atoms with Crippen molar-refractivity contribution in [3.63, 3.8) is 0 Å². The third-order valence-corrected chi connectivity index (χ3v) is 5.85. The van der Waals surface area contributed by atoms with Crippen molar-refractivity contribution in [2.24, 2.45) is 23.7 Å². The van der Waals surface area contributed by atoms with Crippen LogP contribution in [0, 0.1) is 40.7 Å². The molecule has 1 saturated carbocycles. The molecular weight excluding hydrogens is 350 g/mol. The standard InChI is InChI=1S/C19H19N3O5/c1-10-8-13(22(26)27)6-7-14(10)20-15(23)9-21-18(24)16-11-2-3-12(5-4-11)17(16)19(21)25/h2-3,6-8,11-12,16-17H,4-5,9H2,1H3,(H,20,23)/t11-,12-,16-,17+/m0/s1. The lowest BCUT2D eigenvalue weighted by molar-refractivity contribution is -0.384. The topological polar surface area (TPSA) is 110 Å². The first-order chi connectivity index (χ1) is 12.9. The molecule has 8 nitrogen and oxygen atoms in total. The molecule has 3 aliphatic carbocycles. The third-order valence-electron chi connectivity index (χ3n) is 5.85. The van der Waals surface area contributed by atoms with Gasteiger partial charge in [-0.3, -0.25) is 29.4 Å². The first-order valence-electron chi connectivity index (χ1n) is 8.95. The van der Waals surface area contributed by atoms with Crippen LogP contribution in [0.15, 0.2) is 30.4 Å². The molecule has 1 saturated heterocycles. The number of nitro groups is 1. The van der Waals surface area contributed by atoms with Crippen molar-refractivity contribution in [2.75, 3.05) is 11.9 Å². The number of non-ortho nitro benzene ring substituents is 1. The molecule has 8 heteroatoms. The molecule has 4 aliphatic rings. The van der Waals surface area contributed by atoms with Crippen LogP contribution in [0.25, 0.3) is 0 Å². The largest absolute Gasteiger partial charge is 0.324 e. The molecule has 0 spiro atoms. The fraction of sp³-hybridized carbons (Fsp3) is 0.421. The van der Waals surface area contributed by atoms with Gasteiger partial charge in [-0.15, -0.1) is 0 Å². The smallest absolute Gasteiger partial charge is 0.269 e. The van der Waals surface area contributed by atoms with Crippen LogP contribution in [0.2, 0.25) is 0 Å². The van der Waals surface area contributed by atoms with Crippen LogP contribution in [-0.2, 0) is 14.4 Å². The first-order valence-corrected chi connectivity index (χ1v) is 8.95. The molecule has 0 aromatic heterocycles. The molecule has 4 atom stereocenters. The number of benzene rings is 1. The Kier molecular flexibility index (Phi) is 4.05. The molecule has 140 valence electrons. The van der Waals surface area contributed by atoms with Gasteiger partial charge in [0, 0.05) is 17.8 Å². The van der Waals surface area contributed by atoms with E-state index in [1.165, 1.54) is 18.2 Å². The Morgan fingerprint density at radius 2 is 1.78 bits per heavy atom. The summed E-state index contributed by atoms with van der Waals surface area (Å²) in [5, 5.41) is 13.4. The van der Waals surface area contributed by atoms with Gasteiger partial charge in [-0.25, -0.2) is 0 Å². The maximum Gasteiger partial charge on any atom is 0.269 e. The predicted molar refractivity (Wildman–Crippen MR) is 95.5 cm³/mol. The number of allylic oxidation sites excluding steroid dienone is 2. The van der Waals surface area contributed by atoms with Gasteiger partial charge in [0.2, 0.25) is 17.7 Å². The van der Waals surface area contributed by atoms with Gasteiger partial charge in [0.25, 0.3) is 5.69 Å². The summed E-state index contributed by atoms with van der Waals surface area (Å²) in [7, 11) is 0. The molecule has 1 aromatic carbocycles. The Morgan fingerprint density at radius 3 is 2.26 bits per heavy atom. The van der Waals surface area contributed by atoms with Crippen molar-refractivity contribution in [1.82, 2.24) is 4.90 Å². The number of likely N-dealkylation sites (tertiary alicyclic amines) is 1. The summed E-state index contributed by atoms with van der Waals surface area (Å²) in [5.41, 5.74) is 0.888. The van der Waals surface area contributed by atoms with Gasteiger partial charge < -0.3 is 5.32 Å². The van der Waals surface area contributed by atoms with E-state index < -0.39 is 10.8 Å². The summed E-state index contributed by atoms with van der Waals surface area (Å²) in [6.45, 7) is 1.31. The van der Waals surface area contributed by atoms with Gasteiger partial charge in [0.05, 0.1) is 16.8 Å². The summed E-state index contributed by atoms with van der Waals surface area (Å²) >= 11 is 0. The lowest BCUT2D eigenvalue weighted by atomic mass is 9.63. The van der Waals surface area contributed by atoms with E-state index in [-0.39, 0.29) is 47.7 Å². The minimum atomic E-state index is -0.510. The average Bonchev–Trinajstić information content (AvgIpc) is 2.91. The summed E-state index contributed by atoms with van der Waals surface area (Å²) in [6, 6.07) is 4.11. The monoisotopic (exact) mass is 369 g/mol. The number of nitrogens with zero attached hydrogens (tertiary/aromatic N) is 2. The number of hydrogen-bond donors (Lipinski definition) is 1. The SMILES string of the molecule is Cc1cc([N+](=O)[O-])ccc1NC(=O)CN1C(=O)[C@@H]2[C@H](C1=O)[C@H]1C=C[C@H]2CC1. The van der Waals surface area contributed by atoms with Crippen LogP contribution < -0.4 is 5.32 Å². The van der Waals surface area contributed by atoms with Crippen molar-refractivity contribution in [3.8, 4) is 0 Å². The van der Waals surface area contributed by atoms with E-state index in [1.54, 1.807) is 6.92 Å². The fourth-order valence-corrected chi connectivity index (χ4v) is 4.53. The van der Waals surface area contributed by atoms with Gasteiger partial charge >= 0.3 is 0 Å². The maximum absolute atomic E-state index is 12.7. The van der Waals surface area contributed by atoms with Gasteiger partial charge in [-0.2, -0.15) is 0 Å². The highest BCUT2D eigenvalue weighted by Gasteiger charge is 2.56. The molecule has 2 bridgehead atoms. The van der Waals surface area contributed by atoms with Gasteiger partial charge in [-0.05, 0) is 43.2 Å². The number of fused-ring (bicyclic) bond motifs is 1. The number of carbonyl (C=O) groups is 3. The number of amides is 3. The second kappa shape index (κ2) is 6.29. The molecule has 5 rings (SSSR count). The minimum absolute atomic E-state index is 0.0672. The van der Waals surface area contributed by atoms with Crippen molar-refractivity contribution in [2.45, 2.75) is 19.8 Å². The number of nitrogens with one attached hydrogen (secondary N) is 1. The minimum Gasteiger partial charge on any atom is -0.324 e. The van der Waals surface area contributed by atoms with Crippen molar-refractivity contribution in [1.29, 1.82) is 0 Å². The number of nitro benzene ring substituents is 1. The Hall–Kier alpha value is -3.03. The van der Waals surface area contributed by atoms with E-state index in [9.17, 15) is 24.5 Å². The highest BCUT2D eigenvalue weighted by atomic mass is 16.6. The molecule has 1 aromatic rings. The zero-order chi connectivity index (χ0) is 19.3. The zero-order valence-corrected chi connectivity index (χ0v) is 14.8. The summed E-state index contributed by atoms with van der Waals surface area (Å²) in [6.07, 6.45) is 5.88. The Balaban J connectivity index is 1.47. The lowest BCUT2D eigenvalue weighted by Gasteiger charge is -2.38. The quantitative estimate of drug-likeness (QED) is 0.378. The lowest BCUT2D eigenvalue weighted by Crippen LogP contribution is -2.38. The van der Waals surface area contributed by atoms with Crippen molar-refractivity contribution < 1.29 is 19.3 Å². The maximum atomic E-state index is 12.7. The zero-order valence-electron chi connectivity index (χ0n) is 14.8. The predicted octanol–water partition coefficient (Wildman–Crippen LogP) is 2.04. The van der Waals surface area contributed by atoms with Gasteiger partial charge in [0.15, 0.2) is 0 Å². The van der Waals surface area contributed by atoms with Crippen LogP contribution in [0.1, 0.15) is 18.4 Å². The van der Waals surface area contributed by atoms with Crippen molar-refractivity contribution in [3.05, 3.63) is 46.0 Å². The number of anilines is 1. The van der Waals surface area contributed by atoms with E-state index in [4.69, 9.17) is 0 Å². The van der Waals surface area contributed by atoms with E-state index in [2.05, 4.69) is 5.32 Å². The van der Waals surface area contributed by atoms with Crippen LogP contribution in [0.3, 0.4) is 0 Å². The number of rotatable bonds is 4. The summed E-state index contributed by atoms with van der Waals surface area (Å²) in [4.78, 5) is 49.2. The molecule has 3 amide bonds. The van der Waals surface area contributed by atoms with E-state index >= 15 is 0 Å². The van der Waals surface area contributed by atoms with E-state index in [0.717, 1.165) is 17.7 Å². The number of carbonyl (C=O) groups excluding carboxylic acids is 3. The second-order valence-electron chi connectivity index (χ2n) is 7.41. The Labute approximate surface area is 155 Å². The van der Waals surface area contributed by atoms with Crippen LogP contribution in [0.4, 0.5) is 11.4 Å². The summed E-state index contributed by atoms with van der Waals surface area (Å²) < 4.78 is 0. The molecule has 0 unspecified atom stereocenters. The molecule has 0 radical (unpaired) electrons. The van der Waals surface area contributed by atoms with Gasteiger partial charge in [0.1, 0.15) is 6.54 Å². The molecule has 1 N–H and O–H groups in total. The number of imide groups is 1. The molecule has 1 aliphatic heterocycles. The van der Waals surface area contributed by atoms with E-state index in [1.807, 2.05) is 12.2 Å². The molecule has 1 heterocycles. The highest BCUT2D eigenvalue weighted by molar-refractivity contribution is 6.09. The number of aryl methyl sites for hydroxylation is 1. The normalized spacial score (nSPS) is 28.4. The van der Waals surface area contributed by atoms with Crippen LogP contribution in [0.5, 0.6) is 0 Å². The first kappa shape index (κ1) is 17.4. The molecular formula is C19H19N3O5. The van der Waals surface area contributed by atoms with Crippen LogP contribution >= 0.6 is 0 Å². The Morgan fingerprint density at radius 1 is 1.19 bits per heavy atom. The second-order valence-corrected chi connectivity index (χ2v) is 7.41.